The number of hydrogen-bond donors (Lipinski definition) is 0. The van der Waals surface area contributed by atoms with Crippen LogP contribution in [0.5, 0.6) is 0 Å². The zero-order valence-corrected chi connectivity index (χ0v) is 11.3. The van der Waals surface area contributed by atoms with Gasteiger partial charge < -0.3 is 4.90 Å². The molecule has 0 aromatic heterocycles. The van der Waals surface area contributed by atoms with Crippen molar-refractivity contribution in [3.05, 3.63) is 0 Å². The molecule has 0 aromatic rings. The van der Waals surface area contributed by atoms with E-state index >= 15 is 0 Å². The monoisotopic (exact) mass is 229 g/mol. The van der Waals surface area contributed by atoms with E-state index in [1.807, 2.05) is 11.8 Å². The van der Waals surface area contributed by atoms with Gasteiger partial charge in [-0.2, -0.15) is 0 Å². The smallest absolute Gasteiger partial charge is 0.161 e. The van der Waals surface area contributed by atoms with Gasteiger partial charge >= 0.3 is 0 Å². The molecule has 1 heterocycles. The first-order chi connectivity index (χ1) is 7.06. The lowest BCUT2D eigenvalue weighted by Crippen LogP contribution is -2.50. The molecule has 15 heavy (non-hydrogen) atoms. The number of aliphatic imine (C=N–C) groups is 1. The molecule has 0 saturated carbocycles. The first kappa shape index (κ1) is 12.8. The van der Waals surface area contributed by atoms with Crippen molar-refractivity contribution in [3.8, 4) is 0 Å². The Morgan fingerprint density at radius 3 is 2.40 bits per heavy atom. The molecule has 0 radical (unpaired) electrons. The quantitative estimate of drug-likeness (QED) is 0.741. The molecule has 88 valence electrons. The minimum absolute atomic E-state index is 0.532. The fraction of sp³-hybridized carbons (Fsp3) is 0.909. The molecule has 0 amide bonds. The summed E-state index contributed by atoms with van der Waals surface area (Å²) in [5.41, 5.74) is 0. The van der Waals surface area contributed by atoms with Crippen molar-refractivity contribution in [2.24, 2.45) is 4.99 Å². The summed E-state index contributed by atoms with van der Waals surface area (Å²) in [6.45, 7) is 13.0. The van der Waals surface area contributed by atoms with Gasteiger partial charge in [0.15, 0.2) is 5.17 Å². The Balaban J connectivity index is 2.70. The van der Waals surface area contributed by atoms with Gasteiger partial charge in [-0.15, -0.1) is 0 Å². The zero-order valence-electron chi connectivity index (χ0n) is 10.5. The van der Waals surface area contributed by atoms with Crippen molar-refractivity contribution in [2.75, 3.05) is 19.1 Å². The highest BCUT2D eigenvalue weighted by atomic mass is 32.2. The first-order valence-electron chi connectivity index (χ1n) is 5.74. The maximum absolute atomic E-state index is 4.66. The fourth-order valence-electron chi connectivity index (χ4n) is 1.51. The number of hydrogen-bond acceptors (Lipinski definition) is 4. The van der Waals surface area contributed by atoms with E-state index in [9.17, 15) is 0 Å². The third kappa shape index (κ3) is 3.38. The van der Waals surface area contributed by atoms with Gasteiger partial charge in [-0.25, -0.2) is 4.99 Å². The standard InChI is InChI=1S/C11H23N3S/c1-6-15-11-12-7-13(9(2)3)8-14(11)10(4)5/h9-10H,6-8H2,1-5H3. The van der Waals surface area contributed by atoms with Gasteiger partial charge in [-0.05, 0) is 33.4 Å². The Labute approximate surface area is 97.9 Å². The van der Waals surface area contributed by atoms with E-state index in [2.05, 4.69) is 49.4 Å². The van der Waals surface area contributed by atoms with Crippen LogP contribution in [0.3, 0.4) is 0 Å². The van der Waals surface area contributed by atoms with Crippen LogP contribution in [0, 0.1) is 0 Å². The van der Waals surface area contributed by atoms with Gasteiger partial charge in [-0.1, -0.05) is 18.7 Å². The highest BCUT2D eigenvalue weighted by molar-refractivity contribution is 8.13. The SMILES string of the molecule is CCSC1=NCN(C(C)C)CN1C(C)C. The van der Waals surface area contributed by atoms with E-state index in [1.165, 1.54) is 5.17 Å². The second-order valence-corrected chi connectivity index (χ2v) is 5.63. The van der Waals surface area contributed by atoms with Crippen LogP contribution in [0.15, 0.2) is 4.99 Å². The predicted molar refractivity (Wildman–Crippen MR) is 69.3 cm³/mol. The minimum atomic E-state index is 0.532. The zero-order chi connectivity index (χ0) is 11.4. The van der Waals surface area contributed by atoms with E-state index in [0.717, 1.165) is 19.1 Å². The van der Waals surface area contributed by atoms with Crippen molar-refractivity contribution in [1.82, 2.24) is 9.80 Å². The minimum Gasteiger partial charge on any atom is -0.336 e. The molecule has 4 heteroatoms. The van der Waals surface area contributed by atoms with E-state index in [4.69, 9.17) is 0 Å². The molecule has 1 aliphatic rings. The fourth-order valence-corrected chi connectivity index (χ4v) is 2.35. The molecule has 3 nitrogen and oxygen atoms in total. The second-order valence-electron chi connectivity index (χ2n) is 4.40. The Bertz CT molecular complexity index is 226. The number of nitrogens with zero attached hydrogens (tertiary/aromatic N) is 3. The van der Waals surface area contributed by atoms with Crippen molar-refractivity contribution < 1.29 is 0 Å². The van der Waals surface area contributed by atoms with Crippen molar-refractivity contribution in [2.45, 2.75) is 46.7 Å². The molecule has 1 rings (SSSR count). The summed E-state index contributed by atoms with van der Waals surface area (Å²) in [7, 11) is 0. The van der Waals surface area contributed by atoms with Gasteiger partial charge in [0.25, 0.3) is 0 Å². The average Bonchev–Trinajstić information content (AvgIpc) is 2.18. The Morgan fingerprint density at radius 2 is 1.93 bits per heavy atom. The van der Waals surface area contributed by atoms with Crippen LogP contribution < -0.4 is 0 Å². The highest BCUT2D eigenvalue weighted by Crippen LogP contribution is 2.18. The van der Waals surface area contributed by atoms with Crippen LogP contribution in [-0.2, 0) is 0 Å². The molecule has 0 bridgehead atoms. The van der Waals surface area contributed by atoms with E-state index in [-0.39, 0.29) is 0 Å². The summed E-state index contributed by atoms with van der Waals surface area (Å²) in [4.78, 5) is 9.43. The molecule has 0 aliphatic carbocycles. The molecule has 0 fully saturated rings. The molecule has 1 aliphatic heterocycles. The summed E-state index contributed by atoms with van der Waals surface area (Å²) >= 11 is 1.85. The lowest BCUT2D eigenvalue weighted by atomic mass is 10.3. The van der Waals surface area contributed by atoms with Crippen molar-refractivity contribution in [3.63, 3.8) is 0 Å². The van der Waals surface area contributed by atoms with Gasteiger partial charge in [0.2, 0.25) is 0 Å². The normalized spacial score (nSPS) is 18.9. The van der Waals surface area contributed by atoms with Crippen LogP contribution in [0.25, 0.3) is 0 Å². The van der Waals surface area contributed by atoms with Gasteiger partial charge in [-0.3, -0.25) is 4.90 Å². The lowest BCUT2D eigenvalue weighted by Gasteiger charge is -2.39. The molecular weight excluding hydrogens is 206 g/mol. The van der Waals surface area contributed by atoms with E-state index < -0.39 is 0 Å². The predicted octanol–water partition coefficient (Wildman–Crippen LogP) is 2.44. The van der Waals surface area contributed by atoms with E-state index in [0.29, 0.717) is 12.1 Å². The molecule has 0 N–H and O–H groups in total. The summed E-state index contributed by atoms with van der Waals surface area (Å²) in [6, 6.07) is 1.10. The summed E-state index contributed by atoms with van der Waals surface area (Å²) in [5.74, 6) is 1.10. The largest absolute Gasteiger partial charge is 0.336 e. The number of thioether (sulfide) groups is 1. The first-order valence-corrected chi connectivity index (χ1v) is 6.72. The Kier molecular flexibility index (Phi) is 4.93. The summed E-state index contributed by atoms with van der Waals surface area (Å²) < 4.78 is 0. The van der Waals surface area contributed by atoms with Crippen molar-refractivity contribution >= 4 is 16.9 Å². The summed E-state index contributed by atoms with van der Waals surface area (Å²) in [6.07, 6.45) is 0. The maximum Gasteiger partial charge on any atom is 0.161 e. The van der Waals surface area contributed by atoms with Crippen LogP contribution in [0.2, 0.25) is 0 Å². The Morgan fingerprint density at radius 1 is 1.27 bits per heavy atom. The lowest BCUT2D eigenvalue weighted by molar-refractivity contribution is 0.125. The third-order valence-corrected chi connectivity index (χ3v) is 3.50. The van der Waals surface area contributed by atoms with Crippen molar-refractivity contribution in [1.29, 1.82) is 0 Å². The second kappa shape index (κ2) is 5.75. The molecule has 0 unspecified atom stereocenters. The average molecular weight is 229 g/mol. The van der Waals surface area contributed by atoms with Crippen LogP contribution in [-0.4, -0.2) is 46.1 Å². The molecule has 0 saturated heterocycles. The molecule has 0 aromatic carbocycles. The van der Waals surface area contributed by atoms with Gasteiger partial charge in [0, 0.05) is 12.1 Å². The van der Waals surface area contributed by atoms with E-state index in [1.54, 1.807) is 0 Å². The van der Waals surface area contributed by atoms with Crippen LogP contribution in [0.1, 0.15) is 34.6 Å². The molecule has 0 spiro atoms. The number of rotatable bonds is 3. The highest BCUT2D eigenvalue weighted by Gasteiger charge is 2.23. The Hall–Kier alpha value is -0.220. The van der Waals surface area contributed by atoms with Gasteiger partial charge in [0.1, 0.15) is 0 Å². The van der Waals surface area contributed by atoms with Crippen LogP contribution in [0.4, 0.5) is 0 Å². The topological polar surface area (TPSA) is 18.8 Å². The van der Waals surface area contributed by atoms with Gasteiger partial charge in [0.05, 0.1) is 13.3 Å². The summed E-state index contributed by atoms with van der Waals surface area (Å²) in [5, 5.41) is 1.21. The molecule has 0 atom stereocenters. The van der Waals surface area contributed by atoms with Crippen LogP contribution >= 0.6 is 11.8 Å². The third-order valence-electron chi connectivity index (χ3n) is 2.59. The maximum atomic E-state index is 4.66. The number of amidine groups is 1. The molecular formula is C11H23N3S.